The Morgan fingerprint density at radius 1 is 1.48 bits per heavy atom. The Morgan fingerprint density at radius 3 is 3.00 bits per heavy atom. The van der Waals surface area contributed by atoms with Crippen LogP contribution in [0.25, 0.3) is 0 Å². The quantitative estimate of drug-likeness (QED) is 0.644. The third kappa shape index (κ3) is 3.88. The van der Waals surface area contributed by atoms with Gasteiger partial charge in [-0.1, -0.05) is 13.0 Å². The van der Waals surface area contributed by atoms with Gasteiger partial charge in [0.15, 0.2) is 0 Å². The molecule has 116 valence electrons. The summed E-state index contributed by atoms with van der Waals surface area (Å²) in [5, 5.41) is 3.45. The zero-order valence-electron chi connectivity index (χ0n) is 12.9. The molecule has 3 N–H and O–H groups in total. The topological polar surface area (TPSA) is 67.6 Å². The Morgan fingerprint density at radius 2 is 2.29 bits per heavy atom. The number of nitrogens with two attached hydrogens (primary N) is 1. The third-order valence-electron chi connectivity index (χ3n) is 3.89. The highest BCUT2D eigenvalue weighted by Crippen LogP contribution is 2.27. The molecule has 1 aliphatic rings. The molecule has 1 aliphatic heterocycles. The van der Waals surface area contributed by atoms with E-state index in [9.17, 15) is 4.79 Å². The fourth-order valence-electron chi connectivity index (χ4n) is 2.77. The smallest absolute Gasteiger partial charge is 0.340 e. The van der Waals surface area contributed by atoms with Gasteiger partial charge in [-0.15, -0.1) is 0 Å². The summed E-state index contributed by atoms with van der Waals surface area (Å²) in [6.45, 7) is 7.50. The van der Waals surface area contributed by atoms with E-state index in [1.54, 1.807) is 19.1 Å². The van der Waals surface area contributed by atoms with Crippen molar-refractivity contribution in [2.45, 2.75) is 32.7 Å². The van der Waals surface area contributed by atoms with Gasteiger partial charge in [0.05, 0.1) is 23.5 Å². The number of para-hydroxylation sites is 1. The first-order chi connectivity index (χ1) is 10.2. The number of hydrogen-bond donors (Lipinski definition) is 2. The maximum atomic E-state index is 12.1. The normalized spacial score (nSPS) is 19.2. The second-order valence-electron chi connectivity index (χ2n) is 5.37. The number of likely N-dealkylation sites (tertiary alicyclic amines) is 1. The van der Waals surface area contributed by atoms with Crippen molar-refractivity contribution in [1.82, 2.24) is 4.90 Å². The lowest BCUT2D eigenvalue weighted by molar-refractivity contribution is 0.0527. The number of anilines is 2. The van der Waals surface area contributed by atoms with Crippen LogP contribution in [0.5, 0.6) is 0 Å². The highest BCUT2D eigenvalue weighted by molar-refractivity contribution is 5.98. The van der Waals surface area contributed by atoms with Crippen molar-refractivity contribution in [3.8, 4) is 0 Å². The first kappa shape index (κ1) is 15.6. The van der Waals surface area contributed by atoms with Gasteiger partial charge in [0.2, 0.25) is 0 Å². The van der Waals surface area contributed by atoms with Gasteiger partial charge < -0.3 is 20.7 Å². The molecular formula is C16H25N3O2. The molecule has 0 aromatic heterocycles. The van der Waals surface area contributed by atoms with E-state index in [2.05, 4.69) is 17.1 Å². The minimum Gasteiger partial charge on any atom is -0.462 e. The second-order valence-corrected chi connectivity index (χ2v) is 5.37. The molecule has 5 nitrogen and oxygen atoms in total. The first-order valence-corrected chi connectivity index (χ1v) is 7.70. The molecule has 1 unspecified atom stereocenters. The standard InChI is InChI=1S/C16H25N3O2/c1-3-19-10-6-7-12(11-19)18-15-13(16(20)21-4-2)8-5-9-14(15)17/h5,8-9,12,18H,3-4,6-7,10-11,17H2,1-2H3. The lowest BCUT2D eigenvalue weighted by atomic mass is 10.0. The van der Waals surface area contributed by atoms with E-state index in [4.69, 9.17) is 10.5 Å². The van der Waals surface area contributed by atoms with Crippen molar-refractivity contribution >= 4 is 17.3 Å². The summed E-state index contributed by atoms with van der Waals surface area (Å²) in [6.07, 6.45) is 2.25. The van der Waals surface area contributed by atoms with Gasteiger partial charge in [0.25, 0.3) is 0 Å². The van der Waals surface area contributed by atoms with Crippen molar-refractivity contribution in [3.63, 3.8) is 0 Å². The minimum atomic E-state index is -0.324. The van der Waals surface area contributed by atoms with E-state index in [0.29, 0.717) is 29.6 Å². The number of nitrogens with zero attached hydrogens (tertiary/aromatic N) is 1. The number of nitrogens with one attached hydrogen (secondary N) is 1. The number of likely N-dealkylation sites (N-methyl/N-ethyl adjacent to an activating group) is 1. The number of carbonyl (C=O) groups excluding carboxylic acids is 1. The molecule has 2 rings (SSSR count). The van der Waals surface area contributed by atoms with E-state index >= 15 is 0 Å². The third-order valence-corrected chi connectivity index (χ3v) is 3.89. The van der Waals surface area contributed by atoms with Crippen molar-refractivity contribution < 1.29 is 9.53 Å². The lowest BCUT2D eigenvalue weighted by Gasteiger charge is -2.33. The van der Waals surface area contributed by atoms with Crippen LogP contribution in [0.15, 0.2) is 18.2 Å². The molecule has 5 heteroatoms. The SMILES string of the molecule is CCOC(=O)c1cccc(N)c1NC1CCCN(CC)C1. The Labute approximate surface area is 126 Å². The number of hydrogen-bond acceptors (Lipinski definition) is 5. The summed E-state index contributed by atoms with van der Waals surface area (Å²) in [7, 11) is 0. The van der Waals surface area contributed by atoms with Gasteiger partial charge >= 0.3 is 5.97 Å². The summed E-state index contributed by atoms with van der Waals surface area (Å²) in [5.41, 5.74) is 7.87. The molecule has 21 heavy (non-hydrogen) atoms. The summed E-state index contributed by atoms with van der Waals surface area (Å²) in [5.74, 6) is -0.324. The Bertz CT molecular complexity index is 490. The number of nitrogen functional groups attached to an aromatic ring is 1. The Kier molecular flexibility index (Phi) is 5.44. The number of esters is 1. The Balaban J connectivity index is 2.16. The van der Waals surface area contributed by atoms with Crippen LogP contribution in [-0.4, -0.2) is 43.2 Å². The fraction of sp³-hybridized carbons (Fsp3) is 0.562. The second kappa shape index (κ2) is 7.31. The zero-order valence-corrected chi connectivity index (χ0v) is 12.9. The van der Waals surface area contributed by atoms with E-state index in [1.807, 2.05) is 6.07 Å². The average Bonchev–Trinajstić information content (AvgIpc) is 2.49. The fourth-order valence-corrected chi connectivity index (χ4v) is 2.77. The Hall–Kier alpha value is -1.75. The van der Waals surface area contributed by atoms with Gasteiger partial charge in [0.1, 0.15) is 0 Å². The predicted molar refractivity (Wildman–Crippen MR) is 85.6 cm³/mol. The summed E-state index contributed by atoms with van der Waals surface area (Å²) in [6, 6.07) is 5.67. The van der Waals surface area contributed by atoms with E-state index in [-0.39, 0.29) is 5.97 Å². The molecule has 0 aliphatic carbocycles. The van der Waals surface area contributed by atoms with Gasteiger partial charge in [-0.2, -0.15) is 0 Å². The minimum absolute atomic E-state index is 0.316. The molecule has 1 fully saturated rings. The maximum Gasteiger partial charge on any atom is 0.340 e. The molecule has 0 saturated carbocycles. The van der Waals surface area contributed by atoms with Crippen molar-refractivity contribution in [3.05, 3.63) is 23.8 Å². The molecule has 1 aromatic carbocycles. The largest absolute Gasteiger partial charge is 0.462 e. The molecule has 1 heterocycles. The van der Waals surface area contributed by atoms with Crippen LogP contribution in [0, 0.1) is 0 Å². The van der Waals surface area contributed by atoms with Crippen LogP contribution in [0.1, 0.15) is 37.0 Å². The summed E-state index contributed by atoms with van der Waals surface area (Å²) < 4.78 is 5.11. The maximum absolute atomic E-state index is 12.1. The molecule has 0 spiro atoms. The van der Waals surface area contributed by atoms with Crippen LogP contribution in [0.4, 0.5) is 11.4 Å². The summed E-state index contributed by atoms with van der Waals surface area (Å²) >= 11 is 0. The molecule has 1 aromatic rings. The summed E-state index contributed by atoms with van der Waals surface area (Å²) in [4.78, 5) is 14.5. The van der Waals surface area contributed by atoms with Crippen molar-refractivity contribution in [2.24, 2.45) is 0 Å². The van der Waals surface area contributed by atoms with Gasteiger partial charge in [0, 0.05) is 12.6 Å². The van der Waals surface area contributed by atoms with Crippen LogP contribution in [0.3, 0.4) is 0 Å². The van der Waals surface area contributed by atoms with Crippen LogP contribution in [-0.2, 0) is 4.74 Å². The van der Waals surface area contributed by atoms with Crippen molar-refractivity contribution in [1.29, 1.82) is 0 Å². The monoisotopic (exact) mass is 291 g/mol. The highest BCUT2D eigenvalue weighted by atomic mass is 16.5. The van der Waals surface area contributed by atoms with Crippen LogP contribution < -0.4 is 11.1 Å². The lowest BCUT2D eigenvalue weighted by Crippen LogP contribution is -2.42. The molecule has 0 bridgehead atoms. The first-order valence-electron chi connectivity index (χ1n) is 7.70. The molecule has 1 saturated heterocycles. The number of ether oxygens (including phenoxy) is 1. The highest BCUT2D eigenvalue weighted by Gasteiger charge is 2.22. The van der Waals surface area contributed by atoms with Crippen LogP contribution in [0.2, 0.25) is 0 Å². The number of benzene rings is 1. The van der Waals surface area contributed by atoms with Crippen molar-refractivity contribution in [2.75, 3.05) is 37.3 Å². The molecule has 1 atom stereocenters. The molecule has 0 radical (unpaired) electrons. The predicted octanol–water partition coefficient (Wildman–Crippen LogP) is 2.34. The number of piperidine rings is 1. The molecule has 0 amide bonds. The van der Waals surface area contributed by atoms with Gasteiger partial charge in [-0.25, -0.2) is 4.79 Å². The number of carbonyl (C=O) groups is 1. The van der Waals surface area contributed by atoms with E-state index < -0.39 is 0 Å². The van der Waals surface area contributed by atoms with E-state index in [1.165, 1.54) is 0 Å². The average molecular weight is 291 g/mol. The number of rotatable bonds is 5. The van der Waals surface area contributed by atoms with E-state index in [0.717, 1.165) is 32.5 Å². The van der Waals surface area contributed by atoms with Gasteiger partial charge in [-0.3, -0.25) is 0 Å². The zero-order chi connectivity index (χ0) is 15.2. The molecular weight excluding hydrogens is 266 g/mol. The van der Waals surface area contributed by atoms with Crippen LogP contribution >= 0.6 is 0 Å². The van der Waals surface area contributed by atoms with Gasteiger partial charge in [-0.05, 0) is 45.0 Å².